The summed E-state index contributed by atoms with van der Waals surface area (Å²) in [5, 5.41) is 14.4. The van der Waals surface area contributed by atoms with Crippen LogP contribution >= 0.6 is 0 Å². The lowest BCUT2D eigenvalue weighted by Gasteiger charge is -2.37. The van der Waals surface area contributed by atoms with Crippen molar-refractivity contribution < 1.29 is 14.6 Å². The SMILES string of the molecule is O=C1O[C@H](c2ccccc2)CC(O)[C@@H]1[C@H](Nc1ccccc1)c1ccccc1. The van der Waals surface area contributed by atoms with Crippen LogP contribution in [0.25, 0.3) is 0 Å². The molecule has 3 aromatic carbocycles. The Morgan fingerprint density at radius 2 is 1.43 bits per heavy atom. The van der Waals surface area contributed by atoms with E-state index in [0.29, 0.717) is 6.42 Å². The number of carbonyl (C=O) groups is 1. The zero-order valence-electron chi connectivity index (χ0n) is 15.4. The van der Waals surface area contributed by atoms with Crippen molar-refractivity contribution in [3.05, 3.63) is 102 Å². The summed E-state index contributed by atoms with van der Waals surface area (Å²) < 4.78 is 5.76. The minimum Gasteiger partial charge on any atom is -0.457 e. The molecule has 0 bridgehead atoms. The van der Waals surface area contributed by atoms with Crippen molar-refractivity contribution in [2.24, 2.45) is 5.92 Å². The number of aliphatic hydroxyl groups excluding tert-OH is 1. The van der Waals surface area contributed by atoms with E-state index in [-0.39, 0.29) is 12.0 Å². The molecule has 0 aliphatic carbocycles. The summed E-state index contributed by atoms with van der Waals surface area (Å²) in [5.74, 6) is -1.08. The highest BCUT2D eigenvalue weighted by Gasteiger charge is 2.43. The highest BCUT2D eigenvalue weighted by molar-refractivity contribution is 5.76. The van der Waals surface area contributed by atoms with Gasteiger partial charge in [-0.2, -0.15) is 0 Å². The van der Waals surface area contributed by atoms with E-state index in [1.807, 2.05) is 91.0 Å². The first-order valence-electron chi connectivity index (χ1n) is 9.52. The van der Waals surface area contributed by atoms with Crippen LogP contribution in [0, 0.1) is 5.92 Å². The molecule has 1 heterocycles. The van der Waals surface area contributed by atoms with Crippen LogP contribution in [0.15, 0.2) is 91.0 Å². The molecule has 3 aromatic rings. The van der Waals surface area contributed by atoms with Crippen molar-refractivity contribution >= 4 is 11.7 Å². The fraction of sp³-hybridized carbons (Fsp3) is 0.208. The van der Waals surface area contributed by atoms with E-state index < -0.39 is 18.1 Å². The van der Waals surface area contributed by atoms with Crippen LogP contribution in [0.3, 0.4) is 0 Å². The minimum absolute atomic E-state index is 0.375. The second kappa shape index (κ2) is 8.28. The van der Waals surface area contributed by atoms with Crippen LogP contribution in [-0.4, -0.2) is 17.2 Å². The number of carbonyl (C=O) groups excluding carboxylic acids is 1. The molecule has 4 rings (SSSR count). The first-order chi connectivity index (χ1) is 13.7. The van der Waals surface area contributed by atoms with Gasteiger partial charge < -0.3 is 15.2 Å². The lowest BCUT2D eigenvalue weighted by Crippen LogP contribution is -2.43. The number of hydrogen-bond acceptors (Lipinski definition) is 4. The third-order valence-corrected chi connectivity index (χ3v) is 5.19. The Kier molecular flexibility index (Phi) is 5.40. The van der Waals surface area contributed by atoms with Gasteiger partial charge in [-0.1, -0.05) is 78.9 Å². The van der Waals surface area contributed by atoms with Crippen LogP contribution in [-0.2, 0) is 9.53 Å². The summed E-state index contributed by atoms with van der Waals surface area (Å²) in [5.41, 5.74) is 2.73. The summed E-state index contributed by atoms with van der Waals surface area (Å²) in [6.07, 6.45) is -0.860. The van der Waals surface area contributed by atoms with Gasteiger partial charge in [-0.15, -0.1) is 0 Å². The van der Waals surface area contributed by atoms with Crippen molar-refractivity contribution in [2.45, 2.75) is 24.7 Å². The Bertz CT molecular complexity index is 899. The number of nitrogens with one attached hydrogen (secondary N) is 1. The highest BCUT2D eigenvalue weighted by Crippen LogP contribution is 2.39. The van der Waals surface area contributed by atoms with E-state index in [2.05, 4.69) is 5.32 Å². The Labute approximate surface area is 164 Å². The molecule has 0 saturated carbocycles. The van der Waals surface area contributed by atoms with Gasteiger partial charge >= 0.3 is 5.97 Å². The predicted octanol–water partition coefficient (Wildman–Crippen LogP) is 4.51. The van der Waals surface area contributed by atoms with E-state index in [1.165, 1.54) is 0 Å². The van der Waals surface area contributed by atoms with E-state index in [0.717, 1.165) is 16.8 Å². The lowest BCUT2D eigenvalue weighted by molar-refractivity contribution is -0.171. The lowest BCUT2D eigenvalue weighted by atomic mass is 9.83. The van der Waals surface area contributed by atoms with Crippen molar-refractivity contribution in [2.75, 3.05) is 5.32 Å². The maximum absolute atomic E-state index is 13.0. The topological polar surface area (TPSA) is 58.6 Å². The fourth-order valence-corrected chi connectivity index (χ4v) is 3.77. The molecule has 142 valence electrons. The average molecular weight is 373 g/mol. The van der Waals surface area contributed by atoms with Crippen LogP contribution in [0.5, 0.6) is 0 Å². The smallest absolute Gasteiger partial charge is 0.314 e. The zero-order valence-corrected chi connectivity index (χ0v) is 15.4. The largest absolute Gasteiger partial charge is 0.457 e. The van der Waals surface area contributed by atoms with Crippen LogP contribution in [0.4, 0.5) is 5.69 Å². The molecule has 0 spiro atoms. The number of cyclic esters (lactones) is 1. The van der Waals surface area contributed by atoms with Gasteiger partial charge in [0.25, 0.3) is 0 Å². The van der Waals surface area contributed by atoms with Gasteiger partial charge in [-0.05, 0) is 23.3 Å². The Balaban J connectivity index is 1.62. The maximum atomic E-state index is 13.0. The van der Waals surface area contributed by atoms with Crippen molar-refractivity contribution in [1.29, 1.82) is 0 Å². The van der Waals surface area contributed by atoms with Crippen molar-refractivity contribution in [3.63, 3.8) is 0 Å². The molecular formula is C24H23NO3. The first kappa shape index (κ1) is 18.3. The van der Waals surface area contributed by atoms with E-state index in [4.69, 9.17) is 4.74 Å². The summed E-state index contributed by atoms with van der Waals surface area (Å²) in [6.45, 7) is 0. The van der Waals surface area contributed by atoms with E-state index in [9.17, 15) is 9.90 Å². The monoisotopic (exact) mass is 373 g/mol. The number of aliphatic hydroxyl groups is 1. The van der Waals surface area contributed by atoms with Gasteiger partial charge in [-0.25, -0.2) is 0 Å². The second-order valence-corrected chi connectivity index (χ2v) is 7.06. The molecular weight excluding hydrogens is 350 g/mol. The van der Waals surface area contributed by atoms with Crippen LogP contribution in [0.2, 0.25) is 0 Å². The van der Waals surface area contributed by atoms with Crippen LogP contribution in [0.1, 0.15) is 29.7 Å². The van der Waals surface area contributed by atoms with Gasteiger partial charge in [0.15, 0.2) is 0 Å². The van der Waals surface area contributed by atoms with Crippen molar-refractivity contribution in [3.8, 4) is 0 Å². The number of hydrogen-bond donors (Lipinski definition) is 2. The van der Waals surface area contributed by atoms with E-state index in [1.54, 1.807) is 0 Å². The fourth-order valence-electron chi connectivity index (χ4n) is 3.77. The minimum atomic E-state index is -0.812. The number of ether oxygens (including phenoxy) is 1. The Morgan fingerprint density at radius 1 is 0.857 bits per heavy atom. The normalized spacial score (nSPS) is 22.9. The summed E-state index contributed by atoms with van der Waals surface area (Å²) in [4.78, 5) is 13.0. The quantitative estimate of drug-likeness (QED) is 0.646. The zero-order chi connectivity index (χ0) is 19.3. The third-order valence-electron chi connectivity index (χ3n) is 5.19. The maximum Gasteiger partial charge on any atom is 0.314 e. The van der Waals surface area contributed by atoms with Gasteiger partial charge in [0.2, 0.25) is 0 Å². The number of benzene rings is 3. The molecule has 0 amide bonds. The number of anilines is 1. The predicted molar refractivity (Wildman–Crippen MR) is 109 cm³/mol. The molecule has 4 atom stereocenters. The molecule has 1 fully saturated rings. The standard InChI is InChI=1S/C24H23NO3/c26-20-16-21(17-10-4-1-5-11-17)28-24(27)22(20)23(18-12-6-2-7-13-18)25-19-14-8-3-9-15-19/h1-15,20-23,25-26H,16H2/t20?,21-,22+,23+/m0/s1. The number of rotatable bonds is 5. The molecule has 1 unspecified atom stereocenters. The molecule has 2 N–H and O–H groups in total. The molecule has 4 heteroatoms. The third kappa shape index (κ3) is 3.92. The van der Waals surface area contributed by atoms with Crippen molar-refractivity contribution in [1.82, 2.24) is 0 Å². The molecule has 1 aliphatic rings. The number of para-hydroxylation sites is 1. The highest BCUT2D eigenvalue weighted by atomic mass is 16.5. The van der Waals surface area contributed by atoms with Gasteiger partial charge in [0.05, 0.1) is 12.1 Å². The Hall–Kier alpha value is -3.11. The van der Waals surface area contributed by atoms with Gasteiger partial charge in [0.1, 0.15) is 12.0 Å². The van der Waals surface area contributed by atoms with Gasteiger partial charge in [0, 0.05) is 12.1 Å². The Morgan fingerprint density at radius 3 is 2.04 bits per heavy atom. The summed E-state index contributed by atoms with van der Waals surface area (Å²) in [7, 11) is 0. The molecule has 28 heavy (non-hydrogen) atoms. The van der Waals surface area contributed by atoms with Gasteiger partial charge in [-0.3, -0.25) is 4.79 Å². The first-order valence-corrected chi connectivity index (χ1v) is 9.52. The van der Waals surface area contributed by atoms with Crippen LogP contribution < -0.4 is 5.32 Å². The second-order valence-electron chi connectivity index (χ2n) is 7.06. The average Bonchev–Trinajstić information content (AvgIpc) is 2.74. The molecule has 0 radical (unpaired) electrons. The summed E-state index contributed by atoms with van der Waals surface area (Å²) >= 11 is 0. The molecule has 1 aliphatic heterocycles. The molecule has 1 saturated heterocycles. The summed E-state index contributed by atoms with van der Waals surface area (Å²) in [6, 6.07) is 28.6. The van der Waals surface area contributed by atoms with E-state index >= 15 is 0 Å². The molecule has 0 aromatic heterocycles. The number of esters is 1. The molecule has 4 nitrogen and oxygen atoms in total.